The molecule has 0 aromatic rings. The van der Waals surface area contributed by atoms with Gasteiger partial charge < -0.3 is 4.74 Å². The van der Waals surface area contributed by atoms with Crippen LogP contribution >= 0.6 is 0 Å². The number of hydrogen-bond acceptors (Lipinski definition) is 2. The SMILES string of the molecule is CCCCCCCCCCCCC1CCCC(=O)O1. The summed E-state index contributed by atoms with van der Waals surface area (Å²) in [6.45, 7) is 2.27. The minimum Gasteiger partial charge on any atom is -0.462 e. The molecule has 0 radical (unpaired) electrons. The third-order valence-corrected chi connectivity index (χ3v) is 4.08. The molecule has 1 heterocycles. The highest BCUT2D eigenvalue weighted by Crippen LogP contribution is 2.20. The third-order valence-electron chi connectivity index (χ3n) is 4.08. The Balaban J connectivity index is 1.79. The Hall–Kier alpha value is -0.530. The number of carbonyl (C=O) groups is 1. The first kappa shape index (κ1) is 16.5. The van der Waals surface area contributed by atoms with Gasteiger partial charge in [-0.3, -0.25) is 4.79 Å². The Labute approximate surface area is 119 Å². The van der Waals surface area contributed by atoms with Gasteiger partial charge in [-0.25, -0.2) is 0 Å². The average molecular weight is 268 g/mol. The van der Waals surface area contributed by atoms with Crippen molar-refractivity contribution in [2.24, 2.45) is 0 Å². The summed E-state index contributed by atoms with van der Waals surface area (Å²) in [6, 6.07) is 0. The van der Waals surface area contributed by atoms with Crippen molar-refractivity contribution in [3.05, 3.63) is 0 Å². The third kappa shape index (κ3) is 9.07. The monoisotopic (exact) mass is 268 g/mol. The summed E-state index contributed by atoms with van der Waals surface area (Å²) in [5, 5.41) is 0. The standard InChI is InChI=1S/C17H32O2/c1-2-3-4-5-6-7-8-9-10-11-13-16-14-12-15-17(18)19-16/h16H,2-15H2,1H3. The number of unbranched alkanes of at least 4 members (excludes halogenated alkanes) is 9. The maximum Gasteiger partial charge on any atom is 0.306 e. The van der Waals surface area contributed by atoms with Crippen molar-refractivity contribution < 1.29 is 9.53 Å². The van der Waals surface area contributed by atoms with Crippen molar-refractivity contribution in [1.82, 2.24) is 0 Å². The van der Waals surface area contributed by atoms with Gasteiger partial charge >= 0.3 is 5.97 Å². The van der Waals surface area contributed by atoms with Gasteiger partial charge in [-0.1, -0.05) is 64.7 Å². The van der Waals surface area contributed by atoms with Crippen LogP contribution < -0.4 is 0 Å². The van der Waals surface area contributed by atoms with Crippen LogP contribution in [0.2, 0.25) is 0 Å². The van der Waals surface area contributed by atoms with Crippen LogP contribution in [0.5, 0.6) is 0 Å². The average Bonchev–Trinajstić information content (AvgIpc) is 2.41. The molecule has 1 aliphatic rings. The van der Waals surface area contributed by atoms with E-state index >= 15 is 0 Å². The van der Waals surface area contributed by atoms with Crippen molar-refractivity contribution in [1.29, 1.82) is 0 Å². The predicted octanol–water partition coefficient (Wildman–Crippen LogP) is 5.39. The van der Waals surface area contributed by atoms with Gasteiger partial charge in [-0.2, -0.15) is 0 Å². The van der Waals surface area contributed by atoms with Gasteiger partial charge in [0.25, 0.3) is 0 Å². The highest BCUT2D eigenvalue weighted by molar-refractivity contribution is 5.70. The smallest absolute Gasteiger partial charge is 0.306 e. The van der Waals surface area contributed by atoms with Crippen LogP contribution in [0.25, 0.3) is 0 Å². The van der Waals surface area contributed by atoms with Crippen molar-refractivity contribution in [3.8, 4) is 0 Å². The van der Waals surface area contributed by atoms with Crippen LogP contribution in [0.15, 0.2) is 0 Å². The molecular formula is C17H32O2. The maximum atomic E-state index is 11.1. The fraction of sp³-hybridized carbons (Fsp3) is 0.941. The van der Waals surface area contributed by atoms with Crippen molar-refractivity contribution >= 4 is 5.97 Å². The van der Waals surface area contributed by atoms with E-state index in [1.165, 1.54) is 64.2 Å². The topological polar surface area (TPSA) is 26.3 Å². The van der Waals surface area contributed by atoms with Crippen molar-refractivity contribution in [2.45, 2.75) is 103 Å². The molecule has 1 aliphatic heterocycles. The molecule has 0 N–H and O–H groups in total. The molecule has 2 nitrogen and oxygen atoms in total. The molecular weight excluding hydrogens is 236 g/mol. The lowest BCUT2D eigenvalue weighted by atomic mass is 10.0. The number of carbonyl (C=O) groups excluding carboxylic acids is 1. The number of hydrogen-bond donors (Lipinski definition) is 0. The molecule has 0 aromatic carbocycles. The largest absolute Gasteiger partial charge is 0.462 e. The molecule has 2 heteroatoms. The molecule has 0 aliphatic carbocycles. The Kier molecular flexibility index (Phi) is 9.84. The van der Waals surface area contributed by atoms with E-state index in [9.17, 15) is 4.79 Å². The molecule has 0 bridgehead atoms. The van der Waals surface area contributed by atoms with Gasteiger partial charge in [-0.15, -0.1) is 0 Å². The fourth-order valence-corrected chi connectivity index (χ4v) is 2.84. The first-order valence-electron chi connectivity index (χ1n) is 8.52. The summed E-state index contributed by atoms with van der Waals surface area (Å²) in [6.07, 6.45) is 17.8. The molecule has 112 valence electrons. The van der Waals surface area contributed by atoms with E-state index < -0.39 is 0 Å². The van der Waals surface area contributed by atoms with E-state index in [1.807, 2.05) is 0 Å². The van der Waals surface area contributed by atoms with Gasteiger partial charge in [0.1, 0.15) is 6.10 Å². The molecule has 0 saturated carbocycles. The van der Waals surface area contributed by atoms with Gasteiger partial charge in [0.15, 0.2) is 0 Å². The Morgan fingerprint density at radius 2 is 1.53 bits per heavy atom. The van der Waals surface area contributed by atoms with Crippen LogP contribution in [0.1, 0.15) is 96.8 Å². The van der Waals surface area contributed by atoms with Gasteiger partial charge in [0, 0.05) is 6.42 Å². The molecule has 1 rings (SSSR count). The molecule has 0 spiro atoms. The Morgan fingerprint density at radius 1 is 0.947 bits per heavy atom. The molecule has 0 aromatic heterocycles. The van der Waals surface area contributed by atoms with Crippen molar-refractivity contribution in [2.75, 3.05) is 0 Å². The number of esters is 1. The minimum absolute atomic E-state index is 0.0170. The van der Waals surface area contributed by atoms with E-state index in [-0.39, 0.29) is 12.1 Å². The van der Waals surface area contributed by atoms with Gasteiger partial charge in [0.05, 0.1) is 0 Å². The van der Waals surface area contributed by atoms with Crippen LogP contribution in [0.4, 0.5) is 0 Å². The van der Waals surface area contributed by atoms with Crippen LogP contribution in [0.3, 0.4) is 0 Å². The molecule has 0 amide bonds. The van der Waals surface area contributed by atoms with E-state index in [4.69, 9.17) is 4.74 Å². The molecule has 19 heavy (non-hydrogen) atoms. The summed E-state index contributed by atoms with van der Waals surface area (Å²) >= 11 is 0. The minimum atomic E-state index is 0.0170. The quantitative estimate of drug-likeness (QED) is 0.371. The lowest BCUT2D eigenvalue weighted by Gasteiger charge is -2.21. The van der Waals surface area contributed by atoms with Crippen LogP contribution in [-0.2, 0) is 9.53 Å². The zero-order valence-corrected chi connectivity index (χ0v) is 12.8. The van der Waals surface area contributed by atoms with Crippen LogP contribution in [0, 0.1) is 0 Å². The highest BCUT2D eigenvalue weighted by Gasteiger charge is 2.19. The number of cyclic esters (lactones) is 1. The second kappa shape index (κ2) is 11.3. The molecule has 1 saturated heterocycles. The normalized spacial score (nSPS) is 19.4. The number of rotatable bonds is 11. The highest BCUT2D eigenvalue weighted by atomic mass is 16.5. The summed E-state index contributed by atoms with van der Waals surface area (Å²) < 4.78 is 5.33. The van der Waals surface area contributed by atoms with E-state index in [0.29, 0.717) is 6.42 Å². The number of ether oxygens (including phenoxy) is 1. The summed E-state index contributed by atoms with van der Waals surface area (Å²) in [4.78, 5) is 11.1. The van der Waals surface area contributed by atoms with E-state index in [0.717, 1.165) is 19.3 Å². The molecule has 1 unspecified atom stereocenters. The summed E-state index contributed by atoms with van der Waals surface area (Å²) in [7, 11) is 0. The summed E-state index contributed by atoms with van der Waals surface area (Å²) in [5.41, 5.74) is 0. The first-order valence-corrected chi connectivity index (χ1v) is 8.52. The van der Waals surface area contributed by atoms with E-state index in [1.54, 1.807) is 0 Å². The Morgan fingerprint density at radius 3 is 2.11 bits per heavy atom. The van der Waals surface area contributed by atoms with Gasteiger partial charge in [-0.05, 0) is 25.7 Å². The van der Waals surface area contributed by atoms with E-state index in [2.05, 4.69) is 6.92 Å². The first-order chi connectivity index (χ1) is 9.33. The lowest BCUT2D eigenvalue weighted by Crippen LogP contribution is -2.23. The predicted molar refractivity (Wildman–Crippen MR) is 80.2 cm³/mol. The second-order valence-electron chi connectivity index (χ2n) is 5.97. The molecule has 1 fully saturated rings. The zero-order chi connectivity index (χ0) is 13.8. The summed E-state index contributed by atoms with van der Waals surface area (Å²) in [5.74, 6) is 0.0170. The molecule has 1 atom stereocenters. The Bertz CT molecular complexity index is 225. The zero-order valence-electron chi connectivity index (χ0n) is 12.8. The van der Waals surface area contributed by atoms with Gasteiger partial charge in [0.2, 0.25) is 0 Å². The second-order valence-corrected chi connectivity index (χ2v) is 5.97. The fourth-order valence-electron chi connectivity index (χ4n) is 2.84. The lowest BCUT2D eigenvalue weighted by molar-refractivity contribution is -0.154. The maximum absolute atomic E-state index is 11.1. The van der Waals surface area contributed by atoms with Crippen molar-refractivity contribution in [3.63, 3.8) is 0 Å². The van der Waals surface area contributed by atoms with Crippen LogP contribution in [-0.4, -0.2) is 12.1 Å².